The lowest BCUT2D eigenvalue weighted by Crippen LogP contribution is -2.18. The van der Waals surface area contributed by atoms with Crippen molar-refractivity contribution in [2.75, 3.05) is 18.5 Å². The fraction of sp³-hybridized carbons (Fsp3) is 1.00. The number of hydrogen-bond donors (Lipinski definition) is 1. The molecule has 0 amide bonds. The predicted octanol–water partition coefficient (Wildman–Crippen LogP) is 2.11. The molecule has 0 saturated carbocycles. The molecule has 0 aromatic heterocycles. The lowest BCUT2D eigenvalue weighted by Gasteiger charge is -2.12. The van der Waals surface area contributed by atoms with Crippen LogP contribution in [0.5, 0.6) is 0 Å². The van der Waals surface area contributed by atoms with Gasteiger partial charge in [0.1, 0.15) is 23.0 Å². The summed E-state index contributed by atoms with van der Waals surface area (Å²) < 4.78 is 17.3. The van der Waals surface area contributed by atoms with E-state index in [-0.39, 0.29) is 6.29 Å². The van der Waals surface area contributed by atoms with E-state index in [0.29, 0.717) is 13.2 Å². The van der Waals surface area contributed by atoms with Crippen molar-refractivity contribution in [1.82, 2.24) is 0 Å². The van der Waals surface area contributed by atoms with Crippen LogP contribution in [0.3, 0.4) is 0 Å². The van der Waals surface area contributed by atoms with Gasteiger partial charge in [-0.3, -0.25) is 0 Å². The molecular weight excluding hydrogens is 327 g/mol. The summed E-state index contributed by atoms with van der Waals surface area (Å²) in [5.41, 5.74) is 0. The molecule has 11 heavy (non-hydrogen) atoms. The third-order valence-electron chi connectivity index (χ3n) is 0.831. The maximum absolute atomic E-state index is 6.97. The molecule has 0 fully saturated rings. The van der Waals surface area contributed by atoms with Gasteiger partial charge in [-0.05, 0) is 13.8 Å². The van der Waals surface area contributed by atoms with E-state index >= 15 is 0 Å². The molecule has 0 radical (unpaired) electrons. The van der Waals surface area contributed by atoms with Crippen LogP contribution in [0.25, 0.3) is 0 Å². The first kappa shape index (κ1) is 14.6. The maximum Gasteiger partial charge on any atom is 0.167 e. The van der Waals surface area contributed by atoms with E-state index in [1.165, 1.54) is 0 Å². The van der Waals surface area contributed by atoms with Gasteiger partial charge >= 0.3 is 0 Å². The van der Waals surface area contributed by atoms with Crippen LogP contribution in [-0.4, -0.2) is 28.3 Å². The summed E-state index contributed by atoms with van der Waals surface area (Å²) in [7, 11) is 0. The number of ether oxygens (including phenoxy) is 2. The lowest BCUT2D eigenvalue weighted by atomic mass is 10.7. The van der Waals surface area contributed by atoms with Crippen molar-refractivity contribution < 1.29 is 12.9 Å². The van der Waals surface area contributed by atoms with Gasteiger partial charge in [-0.25, -0.2) is 0 Å². The summed E-state index contributed by atoms with van der Waals surface area (Å²) in [5.74, 6) is 0. The molecule has 1 N–H and O–H groups in total. The average Bonchev–Trinajstić information content (AvgIpc) is 2.08. The smallest absolute Gasteiger partial charge is 0.167 e. The topological polar surface area (TPSA) is 38.7 Å². The van der Waals surface area contributed by atoms with Gasteiger partial charge in [0.15, 0.2) is 6.29 Å². The van der Waals surface area contributed by atoms with Gasteiger partial charge < -0.3 is 12.9 Å². The average molecular weight is 341 g/mol. The van der Waals surface area contributed by atoms with E-state index in [1.807, 2.05) is 13.8 Å². The molecule has 0 bridgehead atoms. The van der Waals surface area contributed by atoms with Gasteiger partial charge in [0.2, 0.25) is 0 Å². The minimum Gasteiger partial charge on any atom is -0.352 e. The van der Waals surface area contributed by atoms with Crippen LogP contribution >= 0.6 is 38.9 Å². The molecule has 3 nitrogen and oxygen atoms in total. The van der Waals surface area contributed by atoms with Crippen molar-refractivity contribution in [2.24, 2.45) is 0 Å². The van der Waals surface area contributed by atoms with E-state index in [2.05, 4.69) is 15.9 Å². The Bertz CT molecular complexity index is 59.8. The quantitative estimate of drug-likeness (QED) is 0.473. The van der Waals surface area contributed by atoms with Crippen molar-refractivity contribution in [3.63, 3.8) is 0 Å². The minimum absolute atomic E-state index is 0.0694. The molecular formula is C6H14BrIO3. The largest absolute Gasteiger partial charge is 0.352 e. The van der Waals surface area contributed by atoms with E-state index in [1.54, 1.807) is 0 Å². The van der Waals surface area contributed by atoms with Gasteiger partial charge in [-0.15, -0.1) is 0 Å². The molecule has 0 heterocycles. The van der Waals surface area contributed by atoms with E-state index < -0.39 is 0 Å². The van der Waals surface area contributed by atoms with Crippen molar-refractivity contribution in [2.45, 2.75) is 20.1 Å². The van der Waals surface area contributed by atoms with Crippen molar-refractivity contribution >= 4 is 38.9 Å². The SMILES string of the molecule is CCOC(CBr)OCC.OI. The zero-order valence-electron chi connectivity index (χ0n) is 6.72. The van der Waals surface area contributed by atoms with E-state index in [9.17, 15) is 0 Å². The first-order valence-corrected chi connectivity index (χ1v) is 5.39. The third kappa shape index (κ3) is 11.1. The van der Waals surface area contributed by atoms with E-state index in [0.717, 1.165) is 28.3 Å². The highest BCUT2D eigenvalue weighted by atomic mass is 127. The third-order valence-corrected chi connectivity index (χ3v) is 1.36. The van der Waals surface area contributed by atoms with Crippen molar-refractivity contribution in [3.05, 3.63) is 0 Å². The summed E-state index contributed by atoms with van der Waals surface area (Å²) in [5, 5.41) is 0.745. The molecule has 0 spiro atoms. The van der Waals surface area contributed by atoms with Crippen LogP contribution in [0, 0.1) is 0 Å². The Morgan fingerprint density at radius 2 is 1.64 bits per heavy atom. The van der Waals surface area contributed by atoms with Gasteiger partial charge in [0.05, 0.1) is 5.33 Å². The number of rotatable bonds is 5. The molecule has 0 atom stereocenters. The highest BCUT2D eigenvalue weighted by molar-refractivity contribution is 14.1. The lowest BCUT2D eigenvalue weighted by molar-refractivity contribution is -0.119. The first-order chi connectivity index (χ1) is 5.35. The summed E-state index contributed by atoms with van der Waals surface area (Å²) in [6, 6.07) is 0. The Labute approximate surface area is 90.3 Å². The standard InChI is InChI=1S/C6H13BrO2.HIO/c1-3-8-6(5-7)9-4-2;1-2/h6H,3-5H2,1-2H3;2H. The molecule has 0 saturated heterocycles. The Hall–Kier alpha value is 1.09. The summed E-state index contributed by atoms with van der Waals surface area (Å²) >= 11 is 4.42. The Balaban J connectivity index is 0. The fourth-order valence-corrected chi connectivity index (χ4v) is 0.883. The number of hydrogen-bond acceptors (Lipinski definition) is 3. The first-order valence-electron chi connectivity index (χ1n) is 3.31. The fourth-order valence-electron chi connectivity index (χ4n) is 0.509. The van der Waals surface area contributed by atoms with Crippen LogP contribution in [-0.2, 0) is 9.47 Å². The molecule has 0 aliphatic carbocycles. The van der Waals surface area contributed by atoms with Crippen LogP contribution in [0.15, 0.2) is 0 Å². The normalized spacial score (nSPS) is 9.27. The molecule has 0 aromatic carbocycles. The number of halogens is 2. The van der Waals surface area contributed by atoms with Crippen LogP contribution in [0.2, 0.25) is 0 Å². The molecule has 0 aromatic rings. The Morgan fingerprint density at radius 3 is 1.82 bits per heavy atom. The van der Waals surface area contributed by atoms with Crippen LogP contribution in [0.4, 0.5) is 0 Å². The molecule has 70 valence electrons. The maximum atomic E-state index is 6.97. The van der Waals surface area contributed by atoms with Gasteiger partial charge in [0, 0.05) is 13.2 Å². The minimum atomic E-state index is -0.0694. The Morgan fingerprint density at radius 1 is 1.27 bits per heavy atom. The summed E-state index contributed by atoms with van der Waals surface area (Å²) in [6.07, 6.45) is -0.0694. The van der Waals surface area contributed by atoms with Gasteiger partial charge in [0.25, 0.3) is 0 Å². The molecule has 0 aliphatic rings. The van der Waals surface area contributed by atoms with Crippen LogP contribution < -0.4 is 0 Å². The van der Waals surface area contributed by atoms with Crippen LogP contribution in [0.1, 0.15) is 13.8 Å². The second-order valence-corrected chi connectivity index (χ2v) is 2.14. The second-order valence-electron chi connectivity index (χ2n) is 1.49. The van der Waals surface area contributed by atoms with E-state index in [4.69, 9.17) is 12.9 Å². The van der Waals surface area contributed by atoms with Gasteiger partial charge in [-0.1, -0.05) is 15.9 Å². The van der Waals surface area contributed by atoms with Gasteiger partial charge in [-0.2, -0.15) is 0 Å². The molecule has 5 heteroatoms. The summed E-state index contributed by atoms with van der Waals surface area (Å²) in [4.78, 5) is 0. The monoisotopic (exact) mass is 340 g/mol. The van der Waals surface area contributed by atoms with Crippen molar-refractivity contribution in [1.29, 1.82) is 0 Å². The molecule has 0 rings (SSSR count). The number of alkyl halides is 1. The Kier molecular flexibility index (Phi) is 18.1. The highest BCUT2D eigenvalue weighted by Gasteiger charge is 2.02. The molecule has 0 aliphatic heterocycles. The van der Waals surface area contributed by atoms with Crippen molar-refractivity contribution in [3.8, 4) is 0 Å². The second kappa shape index (κ2) is 13.7. The molecule has 0 unspecified atom stereocenters. The highest BCUT2D eigenvalue weighted by Crippen LogP contribution is 1.98. The predicted molar refractivity (Wildman–Crippen MR) is 57.1 cm³/mol. The summed E-state index contributed by atoms with van der Waals surface area (Å²) in [6.45, 7) is 5.32. The zero-order valence-corrected chi connectivity index (χ0v) is 10.5. The zero-order chi connectivity index (χ0) is 9.11.